The van der Waals surface area contributed by atoms with E-state index in [-0.39, 0.29) is 5.54 Å². The minimum Gasteiger partial charge on any atom is -0.493 e. The molecule has 0 radical (unpaired) electrons. The van der Waals surface area contributed by atoms with Gasteiger partial charge >= 0.3 is 0 Å². The van der Waals surface area contributed by atoms with Crippen LogP contribution in [-0.2, 0) is 13.2 Å². The molecule has 0 spiro atoms. The van der Waals surface area contributed by atoms with E-state index in [0.29, 0.717) is 28.2 Å². The third-order valence-corrected chi connectivity index (χ3v) is 4.87. The van der Waals surface area contributed by atoms with Crippen LogP contribution in [0.25, 0.3) is 0 Å². The first-order valence-corrected chi connectivity index (χ1v) is 9.09. The van der Waals surface area contributed by atoms with Crippen molar-refractivity contribution < 1.29 is 9.47 Å². The maximum absolute atomic E-state index is 6.19. The van der Waals surface area contributed by atoms with E-state index >= 15 is 0 Å². The molecule has 2 aromatic carbocycles. The van der Waals surface area contributed by atoms with Gasteiger partial charge < -0.3 is 14.8 Å². The highest BCUT2D eigenvalue weighted by atomic mass is 35.5. The highest BCUT2D eigenvalue weighted by Gasteiger charge is 2.14. The van der Waals surface area contributed by atoms with Crippen molar-refractivity contribution >= 4 is 23.2 Å². The molecule has 0 saturated heterocycles. The molecule has 0 aromatic heterocycles. The molecule has 0 amide bonds. The maximum Gasteiger partial charge on any atom is 0.161 e. The zero-order valence-electron chi connectivity index (χ0n) is 15.2. The summed E-state index contributed by atoms with van der Waals surface area (Å²) in [6.07, 6.45) is 1.06. The Bertz CT molecular complexity index is 717. The predicted octanol–water partition coefficient (Wildman–Crippen LogP) is 5.86. The Morgan fingerprint density at radius 2 is 1.80 bits per heavy atom. The van der Waals surface area contributed by atoms with Gasteiger partial charge in [-0.15, -0.1) is 0 Å². The van der Waals surface area contributed by atoms with Crippen molar-refractivity contribution in [3.05, 3.63) is 57.6 Å². The smallest absolute Gasteiger partial charge is 0.161 e. The molecule has 0 atom stereocenters. The summed E-state index contributed by atoms with van der Waals surface area (Å²) in [5, 5.41) is 4.74. The fraction of sp³-hybridized carbons (Fsp3) is 0.400. The van der Waals surface area contributed by atoms with Crippen LogP contribution in [0, 0.1) is 0 Å². The zero-order valence-corrected chi connectivity index (χ0v) is 16.7. The second-order valence-electron chi connectivity index (χ2n) is 6.60. The van der Waals surface area contributed by atoms with Crippen molar-refractivity contribution in [2.75, 3.05) is 7.11 Å². The van der Waals surface area contributed by atoms with E-state index in [1.807, 2.05) is 24.3 Å². The van der Waals surface area contributed by atoms with Gasteiger partial charge in [0.05, 0.1) is 7.11 Å². The molecule has 1 N–H and O–H groups in total. The van der Waals surface area contributed by atoms with Crippen molar-refractivity contribution in [3.8, 4) is 11.5 Å². The lowest BCUT2D eigenvalue weighted by molar-refractivity contribution is 0.284. The molecule has 25 heavy (non-hydrogen) atoms. The van der Waals surface area contributed by atoms with E-state index in [1.165, 1.54) is 0 Å². The fourth-order valence-corrected chi connectivity index (χ4v) is 2.66. The first-order chi connectivity index (χ1) is 11.8. The zero-order chi connectivity index (χ0) is 18.4. The van der Waals surface area contributed by atoms with Gasteiger partial charge in [-0.25, -0.2) is 0 Å². The van der Waals surface area contributed by atoms with E-state index in [9.17, 15) is 0 Å². The summed E-state index contributed by atoms with van der Waals surface area (Å²) >= 11 is 12.1. The molecule has 0 heterocycles. The molecule has 2 aromatic rings. The lowest BCUT2D eigenvalue weighted by atomic mass is 10.0. The predicted molar refractivity (Wildman–Crippen MR) is 105 cm³/mol. The van der Waals surface area contributed by atoms with Crippen LogP contribution in [-0.4, -0.2) is 12.6 Å². The molecule has 0 aliphatic heterocycles. The monoisotopic (exact) mass is 381 g/mol. The maximum atomic E-state index is 6.19. The van der Waals surface area contributed by atoms with E-state index in [1.54, 1.807) is 19.2 Å². The topological polar surface area (TPSA) is 30.5 Å². The summed E-state index contributed by atoms with van der Waals surface area (Å²) in [4.78, 5) is 0. The largest absolute Gasteiger partial charge is 0.493 e. The van der Waals surface area contributed by atoms with E-state index in [0.717, 1.165) is 24.1 Å². The number of hydrogen-bond donors (Lipinski definition) is 1. The van der Waals surface area contributed by atoms with Crippen LogP contribution >= 0.6 is 23.2 Å². The van der Waals surface area contributed by atoms with Gasteiger partial charge in [-0.05, 0) is 50.1 Å². The fourth-order valence-electron chi connectivity index (χ4n) is 2.20. The Hall–Kier alpha value is -1.42. The lowest BCUT2D eigenvalue weighted by Crippen LogP contribution is -2.37. The molecule has 0 fully saturated rings. The van der Waals surface area contributed by atoms with Gasteiger partial charge in [0.15, 0.2) is 11.5 Å². The molecule has 5 heteroatoms. The minimum atomic E-state index is 0.105. The Morgan fingerprint density at radius 3 is 2.44 bits per heavy atom. The van der Waals surface area contributed by atoms with Crippen LogP contribution in [0.5, 0.6) is 11.5 Å². The summed E-state index contributed by atoms with van der Waals surface area (Å²) < 4.78 is 11.4. The third kappa shape index (κ3) is 5.81. The van der Waals surface area contributed by atoms with Crippen molar-refractivity contribution in [1.82, 2.24) is 5.32 Å². The second-order valence-corrected chi connectivity index (χ2v) is 7.44. The van der Waals surface area contributed by atoms with Gasteiger partial charge in [0, 0.05) is 27.7 Å². The average Bonchev–Trinajstić information content (AvgIpc) is 2.59. The molecular formula is C20H25Cl2NO2. The van der Waals surface area contributed by atoms with Crippen LogP contribution < -0.4 is 14.8 Å². The number of methoxy groups -OCH3 is 1. The van der Waals surface area contributed by atoms with Gasteiger partial charge in [0.25, 0.3) is 0 Å². The Labute approximate surface area is 160 Å². The normalized spacial score (nSPS) is 11.4. The standard InChI is InChI=1S/C20H25Cl2NO2/c1-5-20(2,3)23-12-14-6-9-18(19(10-14)24-4)25-13-15-7-8-16(21)11-17(15)22/h6-11,23H,5,12-13H2,1-4H3. The molecule has 2 rings (SSSR count). The van der Waals surface area contributed by atoms with E-state index in [4.69, 9.17) is 32.7 Å². The number of hydrogen-bond acceptors (Lipinski definition) is 3. The molecule has 3 nitrogen and oxygen atoms in total. The Morgan fingerprint density at radius 1 is 1.04 bits per heavy atom. The third-order valence-electron chi connectivity index (χ3n) is 4.28. The summed E-state index contributed by atoms with van der Waals surface area (Å²) in [7, 11) is 1.64. The minimum absolute atomic E-state index is 0.105. The molecule has 0 unspecified atom stereocenters. The first kappa shape index (κ1) is 19.9. The van der Waals surface area contributed by atoms with Crippen molar-refractivity contribution in [3.63, 3.8) is 0 Å². The van der Waals surface area contributed by atoms with E-state index < -0.39 is 0 Å². The number of benzene rings is 2. The Kier molecular flexibility index (Phi) is 7.00. The van der Waals surface area contributed by atoms with Gasteiger partial charge in [-0.2, -0.15) is 0 Å². The second kappa shape index (κ2) is 8.79. The molecule has 0 aliphatic carbocycles. The number of ether oxygens (including phenoxy) is 2. The van der Waals surface area contributed by atoms with Crippen LogP contribution in [0.1, 0.15) is 38.3 Å². The lowest BCUT2D eigenvalue weighted by Gasteiger charge is -2.24. The summed E-state index contributed by atoms with van der Waals surface area (Å²) in [6.45, 7) is 7.69. The van der Waals surface area contributed by atoms with Crippen LogP contribution in [0.4, 0.5) is 0 Å². The summed E-state index contributed by atoms with van der Waals surface area (Å²) in [5.74, 6) is 1.39. The SMILES string of the molecule is CCC(C)(C)NCc1ccc(OCc2ccc(Cl)cc2Cl)c(OC)c1. The molecule has 0 bridgehead atoms. The average molecular weight is 382 g/mol. The van der Waals surface area contributed by atoms with Crippen molar-refractivity contribution in [2.45, 2.75) is 45.9 Å². The summed E-state index contributed by atoms with van der Waals surface area (Å²) in [6, 6.07) is 11.3. The highest BCUT2D eigenvalue weighted by Crippen LogP contribution is 2.30. The highest BCUT2D eigenvalue weighted by molar-refractivity contribution is 6.35. The van der Waals surface area contributed by atoms with Crippen LogP contribution in [0.15, 0.2) is 36.4 Å². The van der Waals surface area contributed by atoms with Crippen LogP contribution in [0.3, 0.4) is 0 Å². The molecule has 0 aliphatic rings. The van der Waals surface area contributed by atoms with Gasteiger partial charge in [0.2, 0.25) is 0 Å². The summed E-state index contributed by atoms with van der Waals surface area (Å²) in [5.41, 5.74) is 2.13. The number of nitrogens with one attached hydrogen (secondary N) is 1. The molecule has 136 valence electrons. The number of rotatable bonds is 8. The van der Waals surface area contributed by atoms with Gasteiger partial charge in [0.1, 0.15) is 6.61 Å². The first-order valence-electron chi connectivity index (χ1n) is 8.33. The Balaban J connectivity index is 2.06. The quantitative estimate of drug-likeness (QED) is 0.620. The van der Waals surface area contributed by atoms with Gasteiger partial charge in [-0.1, -0.05) is 42.3 Å². The molecular weight excluding hydrogens is 357 g/mol. The van der Waals surface area contributed by atoms with Gasteiger partial charge in [-0.3, -0.25) is 0 Å². The molecule has 0 saturated carbocycles. The number of halogens is 2. The van der Waals surface area contributed by atoms with Crippen molar-refractivity contribution in [1.29, 1.82) is 0 Å². The van der Waals surface area contributed by atoms with E-state index in [2.05, 4.69) is 26.1 Å². The van der Waals surface area contributed by atoms with Crippen molar-refractivity contribution in [2.24, 2.45) is 0 Å². The van der Waals surface area contributed by atoms with Crippen LogP contribution in [0.2, 0.25) is 10.0 Å².